The zero-order valence-electron chi connectivity index (χ0n) is 14.3. The second kappa shape index (κ2) is 6.24. The van der Waals surface area contributed by atoms with E-state index in [-0.39, 0.29) is 18.1 Å². The first kappa shape index (κ1) is 15.7. The molecule has 5 nitrogen and oxygen atoms in total. The molecule has 0 radical (unpaired) electrons. The van der Waals surface area contributed by atoms with Gasteiger partial charge in [0.05, 0.1) is 11.0 Å². The molecule has 1 aliphatic rings. The number of fused-ring (bicyclic) bond motifs is 2. The number of carbonyl (C=O) groups is 1. The highest BCUT2D eigenvalue weighted by Gasteiger charge is 2.22. The van der Waals surface area contributed by atoms with E-state index in [1.807, 2.05) is 47.4 Å². The van der Waals surface area contributed by atoms with E-state index in [0.29, 0.717) is 6.54 Å². The standard InChI is InChI=1S/C20H21N3O2/c1-21-17-11-4-5-12-18(17)23(20(21)25)14-19(24)22-13-7-6-9-15-8-2-3-10-16(15)22/h2-5,8,10-12H,6-7,9,13-14H2,1H3. The Morgan fingerprint density at radius 3 is 2.56 bits per heavy atom. The van der Waals surface area contributed by atoms with Crippen LogP contribution in [0.2, 0.25) is 0 Å². The molecule has 1 amide bonds. The first-order valence-electron chi connectivity index (χ1n) is 8.69. The van der Waals surface area contributed by atoms with Crippen LogP contribution < -0.4 is 10.6 Å². The Morgan fingerprint density at radius 2 is 1.72 bits per heavy atom. The summed E-state index contributed by atoms with van der Waals surface area (Å²) in [6, 6.07) is 15.7. The molecule has 0 saturated heterocycles. The Balaban J connectivity index is 1.72. The van der Waals surface area contributed by atoms with Crippen LogP contribution in [0.4, 0.5) is 5.69 Å². The molecule has 0 N–H and O–H groups in total. The molecule has 0 bridgehead atoms. The Labute approximate surface area is 146 Å². The van der Waals surface area contributed by atoms with Crippen LogP contribution in [0.3, 0.4) is 0 Å². The molecule has 2 heterocycles. The lowest BCUT2D eigenvalue weighted by Gasteiger charge is -2.23. The first-order chi connectivity index (χ1) is 12.2. The van der Waals surface area contributed by atoms with Gasteiger partial charge in [-0.25, -0.2) is 4.79 Å². The summed E-state index contributed by atoms with van der Waals surface area (Å²) < 4.78 is 3.17. The third-order valence-electron chi connectivity index (χ3n) is 5.01. The third-order valence-corrected chi connectivity index (χ3v) is 5.01. The topological polar surface area (TPSA) is 47.2 Å². The molecule has 0 saturated carbocycles. The van der Waals surface area contributed by atoms with Crippen molar-refractivity contribution in [2.45, 2.75) is 25.8 Å². The van der Waals surface area contributed by atoms with Crippen LogP contribution in [0.25, 0.3) is 11.0 Å². The van der Waals surface area contributed by atoms with Crippen LogP contribution in [0.1, 0.15) is 18.4 Å². The predicted molar refractivity (Wildman–Crippen MR) is 98.9 cm³/mol. The number of aryl methyl sites for hydroxylation is 2. The maximum absolute atomic E-state index is 13.0. The molecule has 0 spiro atoms. The number of hydrogen-bond donors (Lipinski definition) is 0. The largest absolute Gasteiger partial charge is 0.329 e. The van der Waals surface area contributed by atoms with Crippen molar-refractivity contribution in [3.63, 3.8) is 0 Å². The fraction of sp³-hybridized carbons (Fsp3) is 0.300. The zero-order valence-corrected chi connectivity index (χ0v) is 14.3. The summed E-state index contributed by atoms with van der Waals surface area (Å²) in [5, 5.41) is 0. The molecule has 4 rings (SSSR count). The van der Waals surface area contributed by atoms with E-state index in [1.165, 1.54) is 5.56 Å². The molecule has 3 aromatic rings. The van der Waals surface area contributed by atoms with Gasteiger partial charge in [-0.15, -0.1) is 0 Å². The smallest absolute Gasteiger partial charge is 0.311 e. The van der Waals surface area contributed by atoms with Crippen LogP contribution >= 0.6 is 0 Å². The van der Waals surface area contributed by atoms with E-state index in [1.54, 1.807) is 16.2 Å². The average molecular weight is 335 g/mol. The number of carbonyl (C=O) groups excluding carboxylic acids is 1. The molecule has 1 aliphatic heterocycles. The minimum Gasteiger partial charge on any atom is -0.311 e. The highest BCUT2D eigenvalue weighted by atomic mass is 16.2. The predicted octanol–water partition coefficient (Wildman–Crippen LogP) is 2.71. The molecule has 1 aromatic heterocycles. The Morgan fingerprint density at radius 1 is 1.00 bits per heavy atom. The van der Waals surface area contributed by atoms with E-state index < -0.39 is 0 Å². The highest BCUT2D eigenvalue weighted by Crippen LogP contribution is 2.26. The molecule has 0 aliphatic carbocycles. The van der Waals surface area contributed by atoms with Crippen molar-refractivity contribution in [3.8, 4) is 0 Å². The molecule has 25 heavy (non-hydrogen) atoms. The maximum Gasteiger partial charge on any atom is 0.329 e. The maximum atomic E-state index is 13.0. The van der Waals surface area contributed by atoms with E-state index in [9.17, 15) is 9.59 Å². The number of imidazole rings is 1. The van der Waals surface area contributed by atoms with Crippen LogP contribution in [0.15, 0.2) is 53.3 Å². The molecule has 2 aromatic carbocycles. The van der Waals surface area contributed by atoms with Gasteiger partial charge in [-0.1, -0.05) is 30.3 Å². The van der Waals surface area contributed by atoms with Crippen molar-refractivity contribution in [2.24, 2.45) is 7.05 Å². The van der Waals surface area contributed by atoms with Gasteiger partial charge >= 0.3 is 5.69 Å². The van der Waals surface area contributed by atoms with E-state index in [2.05, 4.69) is 6.07 Å². The SMILES string of the molecule is Cn1c(=O)n(CC(=O)N2CCCCc3ccccc32)c2ccccc21. The Kier molecular flexibility index (Phi) is 3.92. The van der Waals surface area contributed by atoms with E-state index in [4.69, 9.17) is 0 Å². The summed E-state index contributed by atoms with van der Waals surface area (Å²) in [6.45, 7) is 0.768. The molecule has 5 heteroatoms. The number of hydrogen-bond acceptors (Lipinski definition) is 2. The number of aromatic nitrogens is 2. The van der Waals surface area contributed by atoms with E-state index in [0.717, 1.165) is 36.0 Å². The summed E-state index contributed by atoms with van der Waals surface area (Å²) in [7, 11) is 1.74. The monoisotopic (exact) mass is 335 g/mol. The molecule has 0 fully saturated rings. The van der Waals surface area contributed by atoms with Crippen molar-refractivity contribution in [3.05, 3.63) is 64.6 Å². The molecule has 128 valence electrons. The number of rotatable bonds is 2. The van der Waals surface area contributed by atoms with Gasteiger partial charge in [-0.2, -0.15) is 0 Å². The van der Waals surface area contributed by atoms with Gasteiger partial charge in [0.15, 0.2) is 0 Å². The number of benzene rings is 2. The molecular weight excluding hydrogens is 314 g/mol. The van der Waals surface area contributed by atoms with Crippen LogP contribution in [-0.2, 0) is 24.8 Å². The second-order valence-electron chi connectivity index (χ2n) is 6.55. The molecular formula is C20H21N3O2. The summed E-state index contributed by atoms with van der Waals surface area (Å²) in [4.78, 5) is 27.5. The minimum absolute atomic E-state index is 0.0344. The van der Waals surface area contributed by atoms with Crippen molar-refractivity contribution in [1.29, 1.82) is 0 Å². The van der Waals surface area contributed by atoms with Gasteiger partial charge in [-0.05, 0) is 43.0 Å². The number of amides is 1. The van der Waals surface area contributed by atoms with Crippen molar-refractivity contribution in [1.82, 2.24) is 9.13 Å². The van der Waals surface area contributed by atoms with Crippen molar-refractivity contribution >= 4 is 22.6 Å². The molecule has 0 unspecified atom stereocenters. The third kappa shape index (κ3) is 2.65. The Hall–Kier alpha value is -2.82. The van der Waals surface area contributed by atoms with Crippen LogP contribution in [-0.4, -0.2) is 21.6 Å². The van der Waals surface area contributed by atoms with E-state index >= 15 is 0 Å². The van der Waals surface area contributed by atoms with Crippen LogP contribution in [0, 0.1) is 0 Å². The fourth-order valence-corrected chi connectivity index (χ4v) is 3.69. The summed E-state index contributed by atoms with van der Waals surface area (Å²) in [5.41, 5.74) is 3.68. The van der Waals surface area contributed by atoms with Crippen LogP contribution in [0.5, 0.6) is 0 Å². The van der Waals surface area contributed by atoms with Gasteiger partial charge in [0.2, 0.25) is 5.91 Å². The first-order valence-corrected chi connectivity index (χ1v) is 8.69. The van der Waals surface area contributed by atoms with Crippen molar-refractivity contribution < 1.29 is 4.79 Å². The van der Waals surface area contributed by atoms with Crippen molar-refractivity contribution in [2.75, 3.05) is 11.4 Å². The summed E-state index contributed by atoms with van der Waals surface area (Å²) >= 11 is 0. The average Bonchev–Trinajstić information content (AvgIpc) is 2.81. The number of nitrogens with zero attached hydrogens (tertiary/aromatic N) is 3. The quantitative estimate of drug-likeness (QED) is 0.723. The summed E-state index contributed by atoms with van der Waals surface area (Å²) in [5.74, 6) is -0.0344. The lowest BCUT2D eigenvalue weighted by Crippen LogP contribution is -2.37. The zero-order chi connectivity index (χ0) is 17.4. The normalized spacial score (nSPS) is 14.4. The lowest BCUT2D eigenvalue weighted by molar-refractivity contribution is -0.119. The second-order valence-corrected chi connectivity index (χ2v) is 6.55. The number of anilines is 1. The highest BCUT2D eigenvalue weighted by molar-refractivity contribution is 5.95. The summed E-state index contributed by atoms with van der Waals surface area (Å²) in [6.07, 6.45) is 3.05. The number of para-hydroxylation sites is 3. The fourth-order valence-electron chi connectivity index (χ4n) is 3.69. The lowest BCUT2D eigenvalue weighted by atomic mass is 10.1. The Bertz CT molecular complexity index is 1000. The van der Waals surface area contributed by atoms with Gasteiger partial charge in [0.25, 0.3) is 0 Å². The van der Waals surface area contributed by atoms with Gasteiger partial charge in [-0.3, -0.25) is 13.9 Å². The van der Waals surface area contributed by atoms with Gasteiger partial charge in [0, 0.05) is 19.3 Å². The minimum atomic E-state index is -0.155. The molecule has 0 atom stereocenters. The van der Waals surface area contributed by atoms with Gasteiger partial charge < -0.3 is 4.90 Å². The van der Waals surface area contributed by atoms with Gasteiger partial charge in [0.1, 0.15) is 6.54 Å².